The molecule has 2 aromatic carbocycles. The molecule has 0 bridgehead atoms. The summed E-state index contributed by atoms with van der Waals surface area (Å²) in [6, 6.07) is 17.2. The molecule has 2 aromatic rings. The Morgan fingerprint density at radius 3 is 2.57 bits per heavy atom. The molecule has 1 heterocycles. The fraction of sp³-hybridized carbons (Fsp3) is 0.278. The van der Waals surface area contributed by atoms with Gasteiger partial charge >= 0.3 is 0 Å². The Balaban J connectivity index is 1.83. The number of ether oxygens (including phenoxy) is 2. The van der Waals surface area contributed by atoms with Crippen LogP contribution in [0.25, 0.3) is 0 Å². The van der Waals surface area contributed by atoms with E-state index >= 15 is 0 Å². The molecule has 1 aliphatic heterocycles. The predicted molar refractivity (Wildman–Crippen MR) is 81.7 cm³/mol. The van der Waals surface area contributed by atoms with Crippen molar-refractivity contribution in [2.75, 3.05) is 13.2 Å². The molecule has 1 aliphatic rings. The van der Waals surface area contributed by atoms with E-state index < -0.39 is 0 Å². The van der Waals surface area contributed by atoms with E-state index in [4.69, 9.17) is 9.47 Å². The second-order valence-corrected chi connectivity index (χ2v) is 5.20. The van der Waals surface area contributed by atoms with Crippen molar-refractivity contribution in [1.82, 2.24) is 0 Å². The normalized spacial score (nSPS) is 17.6. The van der Waals surface area contributed by atoms with E-state index in [1.54, 1.807) is 6.07 Å². The molecule has 0 aliphatic carbocycles. The number of hydrogen-bond acceptors (Lipinski definition) is 3. The highest BCUT2D eigenvalue weighted by Crippen LogP contribution is 2.23. The highest BCUT2D eigenvalue weighted by atomic mass is 16.5. The molecule has 21 heavy (non-hydrogen) atoms. The van der Waals surface area contributed by atoms with Gasteiger partial charge in [0.15, 0.2) is 5.75 Å². The molecule has 1 unspecified atom stereocenters. The topological polar surface area (TPSA) is 35.5 Å². The van der Waals surface area contributed by atoms with E-state index in [9.17, 15) is 4.79 Å². The highest BCUT2D eigenvalue weighted by molar-refractivity contribution is 5.30. The van der Waals surface area contributed by atoms with Crippen molar-refractivity contribution in [2.45, 2.75) is 18.9 Å². The molecule has 1 fully saturated rings. The molecule has 0 spiro atoms. The van der Waals surface area contributed by atoms with Gasteiger partial charge in [-0.15, -0.1) is 0 Å². The van der Waals surface area contributed by atoms with Crippen molar-refractivity contribution in [2.24, 2.45) is 0 Å². The van der Waals surface area contributed by atoms with Gasteiger partial charge in [-0.3, -0.25) is 4.79 Å². The summed E-state index contributed by atoms with van der Waals surface area (Å²) in [5, 5.41) is 0. The minimum Gasteiger partial charge on any atom is -0.485 e. The summed E-state index contributed by atoms with van der Waals surface area (Å²) >= 11 is 0. The van der Waals surface area contributed by atoms with E-state index in [0.717, 1.165) is 24.2 Å². The standard InChI is InChI=1S/C18H18O3/c19-18-16(15-10-11-20-13-15)8-4-5-9-17(18)21-12-14-6-2-1-3-7-14/h1-9,15H,10-13H2. The van der Waals surface area contributed by atoms with E-state index in [1.165, 1.54) is 0 Å². The number of rotatable bonds is 4. The Morgan fingerprint density at radius 1 is 1.05 bits per heavy atom. The number of benzene rings is 1. The maximum Gasteiger partial charge on any atom is 0.223 e. The lowest BCUT2D eigenvalue weighted by Gasteiger charge is -2.07. The molecule has 0 amide bonds. The molecule has 108 valence electrons. The van der Waals surface area contributed by atoms with E-state index in [-0.39, 0.29) is 11.3 Å². The quantitative estimate of drug-likeness (QED) is 0.864. The predicted octanol–water partition coefficient (Wildman–Crippen LogP) is 3.13. The van der Waals surface area contributed by atoms with Crippen molar-refractivity contribution in [3.63, 3.8) is 0 Å². The molecule has 1 saturated heterocycles. The Hall–Kier alpha value is -2.13. The molecular formula is C18H18O3. The summed E-state index contributed by atoms with van der Waals surface area (Å²) in [6.45, 7) is 1.75. The third-order valence-corrected chi connectivity index (χ3v) is 3.73. The monoisotopic (exact) mass is 282 g/mol. The van der Waals surface area contributed by atoms with Crippen molar-refractivity contribution >= 4 is 0 Å². The minimum atomic E-state index is -0.0218. The van der Waals surface area contributed by atoms with Crippen LogP contribution in [0, 0.1) is 0 Å². The molecule has 0 aromatic heterocycles. The number of hydrogen-bond donors (Lipinski definition) is 0. The van der Waals surface area contributed by atoms with Crippen molar-refractivity contribution in [3.05, 3.63) is 75.9 Å². The largest absolute Gasteiger partial charge is 0.485 e. The summed E-state index contributed by atoms with van der Waals surface area (Å²) in [5.41, 5.74) is 1.82. The van der Waals surface area contributed by atoms with Gasteiger partial charge in [-0.25, -0.2) is 0 Å². The van der Waals surface area contributed by atoms with Crippen LogP contribution in [0.3, 0.4) is 0 Å². The van der Waals surface area contributed by atoms with Crippen LogP contribution >= 0.6 is 0 Å². The van der Waals surface area contributed by atoms with Gasteiger partial charge in [0.25, 0.3) is 0 Å². The van der Waals surface area contributed by atoms with Gasteiger partial charge in [0.2, 0.25) is 5.43 Å². The van der Waals surface area contributed by atoms with Crippen LogP contribution in [-0.2, 0) is 11.3 Å². The van der Waals surface area contributed by atoms with Crippen LogP contribution in [0.15, 0.2) is 59.4 Å². The second kappa shape index (κ2) is 6.55. The zero-order valence-corrected chi connectivity index (χ0v) is 11.8. The minimum absolute atomic E-state index is 0.0218. The lowest BCUT2D eigenvalue weighted by molar-refractivity contribution is 0.193. The zero-order chi connectivity index (χ0) is 14.5. The summed E-state index contributed by atoms with van der Waals surface area (Å²) in [7, 11) is 0. The van der Waals surface area contributed by atoms with Crippen molar-refractivity contribution in [1.29, 1.82) is 0 Å². The van der Waals surface area contributed by atoms with Crippen LogP contribution in [-0.4, -0.2) is 13.2 Å². The zero-order valence-electron chi connectivity index (χ0n) is 11.8. The van der Waals surface area contributed by atoms with Crippen LogP contribution in [0.1, 0.15) is 23.5 Å². The van der Waals surface area contributed by atoms with Gasteiger partial charge in [-0.05, 0) is 18.1 Å². The first-order chi connectivity index (χ1) is 10.3. The summed E-state index contributed by atoms with van der Waals surface area (Å²) < 4.78 is 11.1. The summed E-state index contributed by atoms with van der Waals surface area (Å²) in [5.74, 6) is 0.592. The smallest absolute Gasteiger partial charge is 0.223 e. The summed E-state index contributed by atoms with van der Waals surface area (Å²) in [4.78, 5) is 12.6. The lowest BCUT2D eigenvalue weighted by atomic mass is 10.00. The molecule has 0 N–H and O–H groups in total. The lowest BCUT2D eigenvalue weighted by Crippen LogP contribution is -2.14. The fourth-order valence-corrected chi connectivity index (χ4v) is 2.55. The first kappa shape index (κ1) is 13.8. The van der Waals surface area contributed by atoms with Gasteiger partial charge in [-0.1, -0.05) is 48.5 Å². The van der Waals surface area contributed by atoms with Crippen LogP contribution in [0.5, 0.6) is 5.75 Å². The molecular weight excluding hydrogens is 264 g/mol. The summed E-state index contributed by atoms with van der Waals surface area (Å²) in [6.07, 6.45) is 0.900. The third kappa shape index (κ3) is 3.31. The third-order valence-electron chi connectivity index (χ3n) is 3.73. The molecule has 0 radical (unpaired) electrons. The van der Waals surface area contributed by atoms with Crippen LogP contribution in [0.4, 0.5) is 0 Å². The average Bonchev–Trinajstić information content (AvgIpc) is 2.98. The Labute approximate surface area is 124 Å². The molecule has 3 heteroatoms. The maximum atomic E-state index is 12.6. The molecule has 3 rings (SSSR count). The molecule has 3 nitrogen and oxygen atoms in total. The van der Waals surface area contributed by atoms with Crippen LogP contribution < -0.4 is 10.2 Å². The van der Waals surface area contributed by atoms with Gasteiger partial charge in [-0.2, -0.15) is 0 Å². The first-order valence-corrected chi connectivity index (χ1v) is 7.22. The van der Waals surface area contributed by atoms with Crippen molar-refractivity contribution < 1.29 is 9.47 Å². The van der Waals surface area contributed by atoms with Gasteiger partial charge in [0, 0.05) is 18.1 Å². The highest BCUT2D eigenvalue weighted by Gasteiger charge is 2.21. The fourth-order valence-electron chi connectivity index (χ4n) is 2.55. The van der Waals surface area contributed by atoms with Gasteiger partial charge in [0.05, 0.1) is 6.61 Å². The van der Waals surface area contributed by atoms with Crippen molar-refractivity contribution in [3.8, 4) is 5.75 Å². The molecule has 1 atom stereocenters. The van der Waals surface area contributed by atoms with E-state index in [2.05, 4.69) is 0 Å². The maximum absolute atomic E-state index is 12.6. The molecule has 0 saturated carbocycles. The SMILES string of the molecule is O=c1c(OCc2ccccc2)ccccc1C1CCOC1. The first-order valence-electron chi connectivity index (χ1n) is 7.22. The second-order valence-electron chi connectivity index (χ2n) is 5.20. The Kier molecular flexibility index (Phi) is 4.31. The Morgan fingerprint density at radius 2 is 1.81 bits per heavy atom. The van der Waals surface area contributed by atoms with E-state index in [0.29, 0.717) is 19.0 Å². The van der Waals surface area contributed by atoms with E-state index in [1.807, 2.05) is 48.5 Å². The van der Waals surface area contributed by atoms with Gasteiger partial charge in [0.1, 0.15) is 6.61 Å². The average molecular weight is 282 g/mol. The Bertz CT molecular complexity index is 646. The van der Waals surface area contributed by atoms with Gasteiger partial charge < -0.3 is 9.47 Å². The van der Waals surface area contributed by atoms with Crippen LogP contribution in [0.2, 0.25) is 0 Å².